The predicted octanol–water partition coefficient (Wildman–Crippen LogP) is 3.95. The summed E-state index contributed by atoms with van der Waals surface area (Å²) in [5.74, 6) is 0.0259. The molecule has 0 saturated heterocycles. The summed E-state index contributed by atoms with van der Waals surface area (Å²) in [6, 6.07) is 12.5. The molecule has 4 heteroatoms. The summed E-state index contributed by atoms with van der Waals surface area (Å²) in [5, 5.41) is 12.3. The smallest absolute Gasteiger partial charge is 0.252 e. The average Bonchev–Trinajstić information content (AvgIpc) is 2.39. The van der Waals surface area contributed by atoms with Crippen LogP contribution in [0.5, 0.6) is 5.75 Å². The van der Waals surface area contributed by atoms with E-state index in [4.69, 9.17) is 0 Å². The Morgan fingerprint density at radius 3 is 2.45 bits per heavy atom. The summed E-state index contributed by atoms with van der Waals surface area (Å²) in [6.45, 7) is 3.75. The van der Waals surface area contributed by atoms with Crippen molar-refractivity contribution in [3.63, 3.8) is 0 Å². The molecule has 3 nitrogen and oxygen atoms in total. The number of phenolic OH excluding ortho intramolecular Hbond substituents is 1. The third-order valence-electron chi connectivity index (χ3n) is 3.17. The van der Waals surface area contributed by atoms with Gasteiger partial charge in [0.05, 0.1) is 6.04 Å². The number of aryl methyl sites for hydroxylation is 1. The number of hydrogen-bond donors (Lipinski definition) is 2. The Labute approximate surface area is 126 Å². The van der Waals surface area contributed by atoms with E-state index < -0.39 is 0 Å². The molecule has 0 aromatic heterocycles. The zero-order valence-corrected chi connectivity index (χ0v) is 12.9. The molecule has 0 aliphatic heterocycles. The predicted molar refractivity (Wildman–Crippen MR) is 82.9 cm³/mol. The fourth-order valence-corrected chi connectivity index (χ4v) is 2.28. The van der Waals surface area contributed by atoms with Gasteiger partial charge in [0.1, 0.15) is 5.75 Å². The van der Waals surface area contributed by atoms with Gasteiger partial charge in [-0.15, -0.1) is 0 Å². The van der Waals surface area contributed by atoms with E-state index in [1.807, 2.05) is 31.2 Å². The van der Waals surface area contributed by atoms with Gasteiger partial charge in [-0.2, -0.15) is 0 Å². The topological polar surface area (TPSA) is 49.3 Å². The molecule has 0 spiro atoms. The Kier molecular flexibility index (Phi) is 4.45. The van der Waals surface area contributed by atoms with Gasteiger partial charge in [-0.3, -0.25) is 4.79 Å². The molecule has 1 atom stereocenters. The zero-order valence-electron chi connectivity index (χ0n) is 11.4. The molecule has 1 amide bonds. The van der Waals surface area contributed by atoms with Crippen molar-refractivity contribution in [2.45, 2.75) is 19.9 Å². The van der Waals surface area contributed by atoms with E-state index in [1.165, 1.54) is 6.07 Å². The van der Waals surface area contributed by atoms with Gasteiger partial charge in [0.2, 0.25) is 0 Å². The van der Waals surface area contributed by atoms with Crippen molar-refractivity contribution in [2.75, 3.05) is 0 Å². The molecule has 0 bridgehead atoms. The summed E-state index contributed by atoms with van der Waals surface area (Å²) < 4.78 is 1.01. The fourth-order valence-electron chi connectivity index (χ4n) is 2.01. The molecule has 2 N–H and O–H groups in total. The highest BCUT2D eigenvalue weighted by Gasteiger charge is 2.13. The molecular weight excluding hydrogens is 318 g/mol. The number of halogens is 1. The lowest BCUT2D eigenvalue weighted by Crippen LogP contribution is -2.27. The molecule has 104 valence electrons. The number of carbonyl (C=O) groups is 1. The van der Waals surface area contributed by atoms with Gasteiger partial charge in [0, 0.05) is 10.0 Å². The Morgan fingerprint density at radius 2 is 1.85 bits per heavy atom. The number of rotatable bonds is 3. The van der Waals surface area contributed by atoms with Crippen molar-refractivity contribution in [2.24, 2.45) is 0 Å². The number of hydrogen-bond acceptors (Lipinski definition) is 2. The van der Waals surface area contributed by atoms with Crippen LogP contribution in [0.1, 0.15) is 34.5 Å². The van der Waals surface area contributed by atoms with E-state index in [0.29, 0.717) is 5.56 Å². The minimum absolute atomic E-state index is 0.0798. The first-order valence-electron chi connectivity index (χ1n) is 6.33. The fraction of sp³-hybridized carbons (Fsp3) is 0.188. The SMILES string of the molecule is Cc1cc(O)ccc1C(=O)NC(C)c1ccc(Br)cc1. The highest BCUT2D eigenvalue weighted by Crippen LogP contribution is 2.19. The number of carbonyl (C=O) groups excluding carboxylic acids is 1. The van der Waals surface area contributed by atoms with Crippen LogP contribution < -0.4 is 5.32 Å². The zero-order chi connectivity index (χ0) is 14.7. The molecule has 2 aromatic rings. The average molecular weight is 334 g/mol. The standard InChI is InChI=1S/C16H16BrNO2/c1-10-9-14(19)7-8-15(10)16(20)18-11(2)12-3-5-13(17)6-4-12/h3-9,11,19H,1-2H3,(H,18,20). The first-order valence-corrected chi connectivity index (χ1v) is 7.12. The molecular formula is C16H16BrNO2. The summed E-state index contributed by atoms with van der Waals surface area (Å²) in [4.78, 5) is 12.2. The van der Waals surface area contributed by atoms with E-state index in [-0.39, 0.29) is 17.7 Å². The minimum Gasteiger partial charge on any atom is -0.508 e. The first-order chi connectivity index (χ1) is 9.47. The van der Waals surface area contributed by atoms with Crippen LogP contribution >= 0.6 is 15.9 Å². The second kappa shape index (κ2) is 6.09. The second-order valence-corrected chi connectivity index (χ2v) is 5.66. The lowest BCUT2D eigenvalue weighted by molar-refractivity contribution is 0.0939. The largest absolute Gasteiger partial charge is 0.508 e. The van der Waals surface area contributed by atoms with Crippen molar-refractivity contribution in [3.05, 3.63) is 63.6 Å². The second-order valence-electron chi connectivity index (χ2n) is 4.75. The van der Waals surface area contributed by atoms with Gasteiger partial charge in [0.15, 0.2) is 0 Å². The molecule has 0 heterocycles. The molecule has 0 saturated carbocycles. The van der Waals surface area contributed by atoms with E-state index >= 15 is 0 Å². The maximum absolute atomic E-state index is 12.2. The summed E-state index contributed by atoms with van der Waals surface area (Å²) >= 11 is 3.39. The van der Waals surface area contributed by atoms with Crippen molar-refractivity contribution < 1.29 is 9.90 Å². The van der Waals surface area contributed by atoms with Gasteiger partial charge in [-0.25, -0.2) is 0 Å². The number of benzene rings is 2. The number of phenols is 1. The summed E-state index contributed by atoms with van der Waals surface area (Å²) in [5.41, 5.74) is 2.37. The van der Waals surface area contributed by atoms with Crippen LogP contribution in [0.15, 0.2) is 46.9 Å². The Bertz CT molecular complexity index is 623. The Hall–Kier alpha value is -1.81. The molecule has 0 aliphatic rings. The van der Waals surface area contributed by atoms with Gasteiger partial charge in [-0.1, -0.05) is 28.1 Å². The number of nitrogens with one attached hydrogen (secondary N) is 1. The van der Waals surface area contributed by atoms with E-state index in [1.54, 1.807) is 19.1 Å². The molecule has 0 aliphatic carbocycles. The molecule has 1 unspecified atom stereocenters. The molecule has 0 fully saturated rings. The van der Waals surface area contributed by atoms with Gasteiger partial charge in [0.25, 0.3) is 5.91 Å². The summed E-state index contributed by atoms with van der Waals surface area (Å²) in [7, 11) is 0. The van der Waals surface area contributed by atoms with Gasteiger partial charge >= 0.3 is 0 Å². The van der Waals surface area contributed by atoms with Crippen LogP contribution in [0, 0.1) is 6.92 Å². The Morgan fingerprint density at radius 1 is 1.20 bits per heavy atom. The molecule has 0 radical (unpaired) electrons. The number of amides is 1. The van der Waals surface area contributed by atoms with Crippen LogP contribution in [-0.2, 0) is 0 Å². The van der Waals surface area contributed by atoms with E-state index in [2.05, 4.69) is 21.2 Å². The molecule has 20 heavy (non-hydrogen) atoms. The molecule has 2 aromatic carbocycles. The first kappa shape index (κ1) is 14.6. The maximum Gasteiger partial charge on any atom is 0.252 e. The third-order valence-corrected chi connectivity index (χ3v) is 3.70. The van der Waals surface area contributed by atoms with Crippen LogP contribution in [0.25, 0.3) is 0 Å². The van der Waals surface area contributed by atoms with Crippen LogP contribution in [0.3, 0.4) is 0 Å². The van der Waals surface area contributed by atoms with Gasteiger partial charge < -0.3 is 10.4 Å². The lowest BCUT2D eigenvalue weighted by Gasteiger charge is -2.15. The highest BCUT2D eigenvalue weighted by atomic mass is 79.9. The highest BCUT2D eigenvalue weighted by molar-refractivity contribution is 9.10. The van der Waals surface area contributed by atoms with Crippen molar-refractivity contribution in [1.29, 1.82) is 0 Å². The monoisotopic (exact) mass is 333 g/mol. The van der Waals surface area contributed by atoms with Crippen LogP contribution in [0.2, 0.25) is 0 Å². The Balaban J connectivity index is 2.13. The van der Waals surface area contributed by atoms with Gasteiger partial charge in [-0.05, 0) is 55.3 Å². The van der Waals surface area contributed by atoms with Crippen molar-refractivity contribution >= 4 is 21.8 Å². The van der Waals surface area contributed by atoms with Crippen molar-refractivity contribution in [1.82, 2.24) is 5.32 Å². The van der Waals surface area contributed by atoms with E-state index in [0.717, 1.165) is 15.6 Å². The third kappa shape index (κ3) is 3.39. The quantitative estimate of drug-likeness (QED) is 0.893. The minimum atomic E-state index is -0.141. The normalized spacial score (nSPS) is 11.9. The summed E-state index contributed by atoms with van der Waals surface area (Å²) in [6.07, 6.45) is 0. The maximum atomic E-state index is 12.2. The van der Waals surface area contributed by atoms with Crippen LogP contribution in [-0.4, -0.2) is 11.0 Å². The molecule has 2 rings (SSSR count). The van der Waals surface area contributed by atoms with Crippen molar-refractivity contribution in [3.8, 4) is 5.75 Å². The van der Waals surface area contributed by atoms with Crippen LogP contribution in [0.4, 0.5) is 0 Å². The number of aromatic hydroxyl groups is 1. The lowest BCUT2D eigenvalue weighted by atomic mass is 10.1. The van der Waals surface area contributed by atoms with E-state index in [9.17, 15) is 9.90 Å².